The van der Waals surface area contributed by atoms with Crippen molar-refractivity contribution < 1.29 is 14.8 Å². The fourth-order valence-corrected chi connectivity index (χ4v) is 2.05. The van der Waals surface area contributed by atoms with E-state index >= 15 is 0 Å². The van der Waals surface area contributed by atoms with Crippen molar-refractivity contribution in [2.45, 2.75) is 0 Å². The molecule has 0 bridgehead atoms. The Kier molecular flexibility index (Phi) is 4.25. The third-order valence-corrected chi connectivity index (χ3v) is 2.87. The molecule has 1 heterocycles. The summed E-state index contributed by atoms with van der Waals surface area (Å²) in [5, 5.41) is 22.8. The first kappa shape index (κ1) is 15.0. The highest BCUT2D eigenvalue weighted by Gasteiger charge is 2.20. The maximum atomic E-state index is 12.1. The van der Waals surface area contributed by atoms with Gasteiger partial charge >= 0.3 is 0 Å². The summed E-state index contributed by atoms with van der Waals surface area (Å²) in [6.07, 6.45) is 0. The predicted molar refractivity (Wildman–Crippen MR) is 77.0 cm³/mol. The van der Waals surface area contributed by atoms with Crippen LogP contribution in [0.5, 0.6) is 5.75 Å². The van der Waals surface area contributed by atoms with Crippen molar-refractivity contribution in [1.82, 2.24) is 4.98 Å². The Morgan fingerprint density at radius 2 is 1.90 bits per heavy atom. The number of phenols is 1. The number of phenolic OH excluding ortho intramolecular Hbond substituents is 1. The van der Waals surface area contributed by atoms with Crippen LogP contribution in [-0.4, -0.2) is 20.9 Å². The summed E-state index contributed by atoms with van der Waals surface area (Å²) in [7, 11) is 0. The summed E-state index contributed by atoms with van der Waals surface area (Å²) >= 11 is 11.4. The van der Waals surface area contributed by atoms with E-state index in [0.29, 0.717) is 0 Å². The Labute approximate surface area is 128 Å². The molecule has 0 atom stereocenters. The number of rotatable bonds is 3. The highest BCUT2D eigenvalue weighted by Crippen LogP contribution is 2.33. The van der Waals surface area contributed by atoms with Crippen LogP contribution < -0.4 is 5.32 Å². The molecule has 1 aromatic carbocycles. The minimum Gasteiger partial charge on any atom is -0.505 e. The number of halogens is 2. The number of nitrogens with zero attached hydrogens (tertiary/aromatic N) is 2. The molecule has 1 aromatic heterocycles. The van der Waals surface area contributed by atoms with Gasteiger partial charge in [0.25, 0.3) is 11.6 Å². The average Bonchev–Trinajstić information content (AvgIpc) is 2.39. The molecule has 21 heavy (non-hydrogen) atoms. The van der Waals surface area contributed by atoms with Gasteiger partial charge in [0.15, 0.2) is 5.69 Å². The van der Waals surface area contributed by atoms with Gasteiger partial charge in [-0.15, -0.1) is 0 Å². The number of pyridine rings is 1. The van der Waals surface area contributed by atoms with E-state index in [1.54, 1.807) is 0 Å². The monoisotopic (exact) mass is 327 g/mol. The minimum atomic E-state index is -0.720. The lowest BCUT2D eigenvalue weighted by Crippen LogP contribution is -2.13. The van der Waals surface area contributed by atoms with Gasteiger partial charge in [-0.1, -0.05) is 29.3 Å². The zero-order valence-corrected chi connectivity index (χ0v) is 11.7. The van der Waals surface area contributed by atoms with Crippen molar-refractivity contribution in [3.05, 3.63) is 56.3 Å². The predicted octanol–water partition coefficient (Wildman–Crippen LogP) is 3.25. The maximum absolute atomic E-state index is 12.1. The van der Waals surface area contributed by atoms with E-state index in [2.05, 4.69) is 10.3 Å². The number of hydrogen-bond acceptors (Lipinski definition) is 5. The summed E-state index contributed by atoms with van der Waals surface area (Å²) in [4.78, 5) is 25.9. The molecule has 0 aliphatic heterocycles. The number of carbonyl (C=O) groups is 1. The highest BCUT2D eigenvalue weighted by molar-refractivity contribution is 6.33. The summed E-state index contributed by atoms with van der Waals surface area (Å²) < 4.78 is 0. The van der Waals surface area contributed by atoms with Gasteiger partial charge in [-0.05, 0) is 18.2 Å². The van der Waals surface area contributed by atoms with E-state index < -0.39 is 22.3 Å². The third kappa shape index (κ3) is 3.39. The van der Waals surface area contributed by atoms with Crippen LogP contribution in [0.25, 0.3) is 0 Å². The zero-order valence-electron chi connectivity index (χ0n) is 10.2. The minimum absolute atomic E-state index is 0.000525. The fourth-order valence-electron chi connectivity index (χ4n) is 1.59. The number of nitrogens with one attached hydrogen (secondary N) is 1. The molecule has 2 rings (SSSR count). The summed E-state index contributed by atoms with van der Waals surface area (Å²) in [6.45, 7) is 0. The van der Waals surface area contributed by atoms with Crippen LogP contribution in [0.1, 0.15) is 10.4 Å². The van der Waals surface area contributed by atoms with Crippen LogP contribution >= 0.6 is 23.2 Å². The van der Waals surface area contributed by atoms with E-state index in [0.717, 1.165) is 6.07 Å². The molecular weight excluding hydrogens is 321 g/mol. The first-order valence-corrected chi connectivity index (χ1v) is 6.25. The van der Waals surface area contributed by atoms with Gasteiger partial charge < -0.3 is 10.4 Å². The molecule has 108 valence electrons. The van der Waals surface area contributed by atoms with Crippen molar-refractivity contribution in [3.8, 4) is 5.75 Å². The van der Waals surface area contributed by atoms with Gasteiger partial charge in [0.05, 0.1) is 4.92 Å². The van der Waals surface area contributed by atoms with Crippen LogP contribution in [0.4, 0.5) is 11.4 Å². The number of para-hydroxylation sites is 1. The van der Waals surface area contributed by atoms with Crippen LogP contribution in [0.15, 0.2) is 30.3 Å². The number of aromatic nitrogens is 1. The van der Waals surface area contributed by atoms with Crippen LogP contribution in [-0.2, 0) is 0 Å². The van der Waals surface area contributed by atoms with Gasteiger partial charge in [-0.2, -0.15) is 0 Å². The fraction of sp³-hybridized carbons (Fsp3) is 0. The van der Waals surface area contributed by atoms with Gasteiger partial charge in [0, 0.05) is 11.6 Å². The lowest BCUT2D eigenvalue weighted by Gasteiger charge is -2.08. The Morgan fingerprint density at radius 3 is 2.48 bits per heavy atom. The lowest BCUT2D eigenvalue weighted by molar-refractivity contribution is -0.384. The topological polar surface area (TPSA) is 105 Å². The molecule has 1 amide bonds. The van der Waals surface area contributed by atoms with E-state index in [1.807, 2.05) is 0 Å². The second-order valence-corrected chi connectivity index (χ2v) is 4.66. The molecule has 0 unspecified atom stereocenters. The molecule has 0 spiro atoms. The Balaban J connectivity index is 2.38. The number of nitro groups is 1. The van der Waals surface area contributed by atoms with Crippen molar-refractivity contribution in [2.24, 2.45) is 0 Å². The largest absolute Gasteiger partial charge is 0.505 e. The summed E-state index contributed by atoms with van der Waals surface area (Å²) in [5.74, 6) is -1.14. The van der Waals surface area contributed by atoms with E-state index in [9.17, 15) is 20.0 Å². The van der Waals surface area contributed by atoms with Gasteiger partial charge in [0.1, 0.15) is 16.1 Å². The molecule has 2 N–H and O–H groups in total. The molecule has 7 nitrogen and oxygen atoms in total. The number of nitro benzene ring substituents is 1. The number of benzene rings is 1. The van der Waals surface area contributed by atoms with Crippen molar-refractivity contribution in [3.63, 3.8) is 0 Å². The normalized spacial score (nSPS) is 10.2. The van der Waals surface area contributed by atoms with Crippen LogP contribution in [0.2, 0.25) is 10.3 Å². The van der Waals surface area contributed by atoms with Gasteiger partial charge in [-0.25, -0.2) is 4.98 Å². The van der Waals surface area contributed by atoms with Gasteiger partial charge in [0.2, 0.25) is 0 Å². The van der Waals surface area contributed by atoms with Crippen molar-refractivity contribution in [1.29, 1.82) is 0 Å². The average molecular weight is 328 g/mol. The lowest BCUT2D eigenvalue weighted by atomic mass is 10.2. The number of aromatic hydroxyl groups is 1. The molecule has 9 heteroatoms. The molecule has 2 aromatic rings. The first-order chi connectivity index (χ1) is 9.88. The number of amides is 1. The van der Waals surface area contributed by atoms with Gasteiger partial charge in [-0.3, -0.25) is 14.9 Å². The smallest absolute Gasteiger partial charge is 0.296 e. The summed E-state index contributed by atoms with van der Waals surface area (Å²) in [6, 6.07) is 6.16. The Hall–Kier alpha value is -2.38. The number of hydrogen-bond donors (Lipinski definition) is 2. The Morgan fingerprint density at radius 1 is 1.29 bits per heavy atom. The molecule has 0 saturated carbocycles. The van der Waals surface area contributed by atoms with Crippen LogP contribution in [0, 0.1) is 10.1 Å². The molecule has 0 aliphatic carbocycles. The second kappa shape index (κ2) is 5.94. The van der Waals surface area contributed by atoms with E-state index in [-0.39, 0.29) is 21.6 Å². The molecule has 0 fully saturated rings. The second-order valence-electron chi connectivity index (χ2n) is 3.88. The van der Waals surface area contributed by atoms with Crippen molar-refractivity contribution in [2.75, 3.05) is 5.32 Å². The maximum Gasteiger partial charge on any atom is 0.296 e. The van der Waals surface area contributed by atoms with E-state index in [4.69, 9.17) is 23.2 Å². The third-order valence-electron chi connectivity index (χ3n) is 2.48. The zero-order chi connectivity index (χ0) is 15.6. The molecule has 0 radical (unpaired) electrons. The number of anilines is 1. The van der Waals surface area contributed by atoms with Crippen LogP contribution in [0.3, 0.4) is 0 Å². The van der Waals surface area contributed by atoms with Crippen molar-refractivity contribution >= 4 is 40.5 Å². The number of carbonyl (C=O) groups excluding carboxylic acids is 1. The standard InChI is InChI=1S/C12H7Cl2N3O4/c13-9-4-6(5-10(14)15-9)12(19)16-11-7(17(20)21)2-1-3-8(11)18/h1-5,18H,(H,16,19). The Bertz CT molecular complexity index is 716. The quantitative estimate of drug-likeness (QED) is 0.389. The molecule has 0 aliphatic rings. The molecular formula is C12H7Cl2N3O4. The first-order valence-electron chi connectivity index (χ1n) is 5.49. The summed E-state index contributed by atoms with van der Waals surface area (Å²) in [5.41, 5.74) is -0.691. The molecule has 0 saturated heterocycles. The highest BCUT2D eigenvalue weighted by atomic mass is 35.5. The van der Waals surface area contributed by atoms with E-state index in [1.165, 1.54) is 24.3 Å². The SMILES string of the molecule is O=C(Nc1c(O)cccc1[N+](=O)[O-])c1cc(Cl)nc(Cl)c1.